The zero-order chi connectivity index (χ0) is 13.2. The molecule has 0 aliphatic rings. The Morgan fingerprint density at radius 3 is 2.84 bits per heavy atom. The molecular weight excluding hydrogens is 262 g/mol. The van der Waals surface area contributed by atoms with Crippen molar-refractivity contribution in [3.05, 3.63) is 41.8 Å². The summed E-state index contributed by atoms with van der Waals surface area (Å²) in [6, 6.07) is 3.50. The van der Waals surface area contributed by atoms with Crippen molar-refractivity contribution in [1.82, 2.24) is 15.0 Å². The first-order valence-corrected chi connectivity index (χ1v) is 6.27. The van der Waals surface area contributed by atoms with E-state index in [-0.39, 0.29) is 5.91 Å². The molecule has 0 radical (unpaired) electrons. The van der Waals surface area contributed by atoms with E-state index < -0.39 is 0 Å². The second kappa shape index (κ2) is 4.62. The van der Waals surface area contributed by atoms with E-state index in [0.29, 0.717) is 26.6 Å². The van der Waals surface area contributed by atoms with Crippen molar-refractivity contribution in [2.75, 3.05) is 11.1 Å². The van der Waals surface area contributed by atoms with Crippen molar-refractivity contribution < 1.29 is 4.79 Å². The van der Waals surface area contributed by atoms with Gasteiger partial charge in [-0.15, -0.1) is 11.3 Å². The monoisotopic (exact) mass is 271 g/mol. The lowest BCUT2D eigenvalue weighted by Crippen LogP contribution is -2.12. The number of carbonyl (C=O) groups is 1. The van der Waals surface area contributed by atoms with Gasteiger partial charge in [0.05, 0.1) is 17.6 Å². The van der Waals surface area contributed by atoms with Crippen molar-refractivity contribution in [2.24, 2.45) is 0 Å². The number of nitrogens with zero attached hydrogens (tertiary/aromatic N) is 3. The number of amides is 1. The summed E-state index contributed by atoms with van der Waals surface area (Å²) in [6.45, 7) is 0. The molecule has 0 spiro atoms. The third-order valence-electron chi connectivity index (χ3n) is 2.49. The van der Waals surface area contributed by atoms with E-state index in [0.717, 1.165) is 0 Å². The lowest BCUT2D eigenvalue weighted by molar-refractivity contribution is 0.103. The molecule has 3 aromatic rings. The highest BCUT2D eigenvalue weighted by atomic mass is 32.1. The van der Waals surface area contributed by atoms with E-state index in [4.69, 9.17) is 5.73 Å². The number of aromatic nitrogens is 3. The van der Waals surface area contributed by atoms with E-state index in [1.54, 1.807) is 36.9 Å². The molecule has 3 N–H and O–H groups in total. The van der Waals surface area contributed by atoms with Gasteiger partial charge in [-0.1, -0.05) is 0 Å². The maximum absolute atomic E-state index is 12.1. The smallest absolute Gasteiger partial charge is 0.268 e. The van der Waals surface area contributed by atoms with Crippen LogP contribution in [0.15, 0.2) is 36.9 Å². The molecular formula is C12H9N5OS. The summed E-state index contributed by atoms with van der Waals surface area (Å²) in [5.74, 6) is -0.282. The molecule has 0 atom stereocenters. The molecule has 1 amide bonds. The van der Waals surface area contributed by atoms with Crippen LogP contribution in [0.4, 0.5) is 11.4 Å². The van der Waals surface area contributed by atoms with Crippen LogP contribution >= 0.6 is 11.3 Å². The van der Waals surface area contributed by atoms with Crippen LogP contribution < -0.4 is 11.1 Å². The summed E-state index contributed by atoms with van der Waals surface area (Å²) in [6.07, 6.45) is 6.32. The predicted octanol–water partition coefficient (Wildman–Crippen LogP) is 1.92. The number of rotatable bonds is 2. The highest BCUT2D eigenvalue weighted by Gasteiger charge is 2.17. The molecule has 0 aliphatic carbocycles. The van der Waals surface area contributed by atoms with Crippen LogP contribution in [0, 0.1) is 0 Å². The third kappa shape index (κ3) is 2.11. The zero-order valence-electron chi connectivity index (χ0n) is 9.70. The van der Waals surface area contributed by atoms with Gasteiger partial charge in [0.15, 0.2) is 0 Å². The van der Waals surface area contributed by atoms with Gasteiger partial charge in [0, 0.05) is 18.6 Å². The number of hydrogen-bond acceptors (Lipinski definition) is 6. The fourth-order valence-corrected chi connectivity index (χ4v) is 2.55. The molecule has 94 valence electrons. The van der Waals surface area contributed by atoms with E-state index in [1.165, 1.54) is 11.3 Å². The van der Waals surface area contributed by atoms with Crippen molar-refractivity contribution in [2.45, 2.75) is 0 Å². The standard InChI is InChI=1S/C12H9N5OS/c13-8-9-12(16-5-4-15-9)19-10(8)11(18)17-7-2-1-3-14-6-7/h1-6H,13H2,(H,17,18). The average Bonchev–Trinajstić information content (AvgIpc) is 2.78. The van der Waals surface area contributed by atoms with Crippen LogP contribution in [-0.2, 0) is 0 Å². The van der Waals surface area contributed by atoms with Gasteiger partial charge in [0.2, 0.25) is 0 Å². The summed E-state index contributed by atoms with van der Waals surface area (Å²) in [5.41, 5.74) is 7.46. The summed E-state index contributed by atoms with van der Waals surface area (Å²) in [4.78, 5) is 25.4. The van der Waals surface area contributed by atoms with Gasteiger partial charge in [0.1, 0.15) is 15.2 Å². The van der Waals surface area contributed by atoms with Gasteiger partial charge in [-0.25, -0.2) is 9.97 Å². The lowest BCUT2D eigenvalue weighted by Gasteiger charge is -2.02. The maximum Gasteiger partial charge on any atom is 0.268 e. The number of hydrogen-bond donors (Lipinski definition) is 2. The first-order chi connectivity index (χ1) is 9.25. The minimum atomic E-state index is -0.282. The molecule has 0 unspecified atom stereocenters. The van der Waals surface area contributed by atoms with Gasteiger partial charge in [-0.05, 0) is 12.1 Å². The van der Waals surface area contributed by atoms with Gasteiger partial charge >= 0.3 is 0 Å². The molecule has 0 saturated carbocycles. The minimum absolute atomic E-state index is 0.282. The van der Waals surface area contributed by atoms with Crippen LogP contribution in [0.5, 0.6) is 0 Å². The number of nitrogens with one attached hydrogen (secondary N) is 1. The minimum Gasteiger partial charge on any atom is -0.396 e. The lowest BCUT2D eigenvalue weighted by atomic mass is 10.3. The van der Waals surface area contributed by atoms with Gasteiger partial charge in [-0.2, -0.15) is 0 Å². The summed E-state index contributed by atoms with van der Waals surface area (Å²) >= 11 is 1.22. The maximum atomic E-state index is 12.1. The molecule has 3 heterocycles. The molecule has 3 aromatic heterocycles. The molecule has 0 aromatic carbocycles. The molecule has 0 aliphatic heterocycles. The Morgan fingerprint density at radius 2 is 2.11 bits per heavy atom. The second-order valence-electron chi connectivity index (χ2n) is 3.75. The fourth-order valence-electron chi connectivity index (χ4n) is 1.64. The first kappa shape index (κ1) is 11.5. The average molecular weight is 271 g/mol. The Morgan fingerprint density at radius 1 is 1.26 bits per heavy atom. The number of carbonyl (C=O) groups excluding carboxylic acids is 1. The van der Waals surface area contributed by atoms with E-state index in [9.17, 15) is 4.79 Å². The Hall–Kier alpha value is -2.54. The Kier molecular flexibility index (Phi) is 2.81. The van der Waals surface area contributed by atoms with Crippen LogP contribution in [0.2, 0.25) is 0 Å². The Balaban J connectivity index is 1.96. The second-order valence-corrected chi connectivity index (χ2v) is 4.75. The molecule has 3 rings (SSSR count). The number of nitrogens with two attached hydrogens (primary N) is 1. The number of nitrogen functional groups attached to an aromatic ring is 1. The summed E-state index contributed by atoms with van der Waals surface area (Å²) in [7, 11) is 0. The molecule has 6 nitrogen and oxygen atoms in total. The largest absolute Gasteiger partial charge is 0.396 e. The SMILES string of the molecule is Nc1c(C(=O)Nc2cccnc2)sc2nccnc12. The highest BCUT2D eigenvalue weighted by molar-refractivity contribution is 7.21. The molecule has 0 saturated heterocycles. The molecule has 0 bridgehead atoms. The Labute approximate surface area is 112 Å². The number of pyridine rings is 1. The topological polar surface area (TPSA) is 93.8 Å². The van der Waals surface area contributed by atoms with Crippen LogP contribution in [0.25, 0.3) is 10.3 Å². The van der Waals surface area contributed by atoms with E-state index in [2.05, 4.69) is 20.3 Å². The van der Waals surface area contributed by atoms with Crippen molar-refractivity contribution >= 4 is 39.0 Å². The van der Waals surface area contributed by atoms with Crippen LogP contribution in [0.3, 0.4) is 0 Å². The Bertz CT molecular complexity index is 740. The highest BCUT2D eigenvalue weighted by Crippen LogP contribution is 2.30. The quantitative estimate of drug-likeness (QED) is 0.742. The molecule has 19 heavy (non-hydrogen) atoms. The van der Waals surface area contributed by atoms with Crippen molar-refractivity contribution in [3.63, 3.8) is 0 Å². The van der Waals surface area contributed by atoms with E-state index >= 15 is 0 Å². The van der Waals surface area contributed by atoms with Gasteiger partial charge in [-0.3, -0.25) is 9.78 Å². The van der Waals surface area contributed by atoms with Gasteiger partial charge in [0.25, 0.3) is 5.91 Å². The van der Waals surface area contributed by atoms with E-state index in [1.807, 2.05) is 0 Å². The third-order valence-corrected chi connectivity index (χ3v) is 3.59. The van der Waals surface area contributed by atoms with Crippen molar-refractivity contribution in [1.29, 1.82) is 0 Å². The first-order valence-electron chi connectivity index (χ1n) is 5.46. The van der Waals surface area contributed by atoms with Crippen LogP contribution in [-0.4, -0.2) is 20.9 Å². The van der Waals surface area contributed by atoms with Gasteiger partial charge < -0.3 is 11.1 Å². The number of fused-ring (bicyclic) bond motifs is 1. The number of thiophene rings is 1. The molecule has 0 fully saturated rings. The van der Waals surface area contributed by atoms with Crippen LogP contribution in [0.1, 0.15) is 9.67 Å². The zero-order valence-corrected chi connectivity index (χ0v) is 10.5. The fraction of sp³-hybridized carbons (Fsp3) is 0. The molecule has 7 heteroatoms. The van der Waals surface area contributed by atoms with Crippen molar-refractivity contribution in [3.8, 4) is 0 Å². The summed E-state index contributed by atoms with van der Waals surface area (Å²) < 4.78 is 0. The summed E-state index contributed by atoms with van der Waals surface area (Å²) in [5, 5.41) is 2.73. The normalized spacial score (nSPS) is 10.5. The number of anilines is 2. The predicted molar refractivity (Wildman–Crippen MR) is 74.0 cm³/mol.